The molecule has 0 aromatic heterocycles. The molecular formula is C10H9ClFNO. The molecule has 0 amide bonds. The van der Waals surface area contributed by atoms with Gasteiger partial charge < -0.3 is 5.11 Å². The maximum Gasteiger partial charge on any atom is 0.165 e. The fourth-order valence-corrected chi connectivity index (χ4v) is 1.53. The molecule has 1 rings (SSSR count). The van der Waals surface area contributed by atoms with Gasteiger partial charge in [0.1, 0.15) is 0 Å². The maximum absolute atomic E-state index is 13.1. The molecule has 14 heavy (non-hydrogen) atoms. The van der Waals surface area contributed by atoms with Gasteiger partial charge in [0, 0.05) is 5.56 Å². The van der Waals surface area contributed by atoms with Gasteiger partial charge in [-0.25, -0.2) is 4.39 Å². The van der Waals surface area contributed by atoms with Gasteiger partial charge in [-0.3, -0.25) is 0 Å². The van der Waals surface area contributed by atoms with Gasteiger partial charge in [0.15, 0.2) is 11.6 Å². The van der Waals surface area contributed by atoms with Gasteiger partial charge in [0.2, 0.25) is 0 Å². The van der Waals surface area contributed by atoms with Gasteiger partial charge in [-0.2, -0.15) is 5.26 Å². The van der Waals surface area contributed by atoms with Crippen molar-refractivity contribution < 1.29 is 9.50 Å². The van der Waals surface area contributed by atoms with Crippen molar-refractivity contribution in [3.63, 3.8) is 0 Å². The van der Waals surface area contributed by atoms with E-state index in [1.54, 1.807) is 13.8 Å². The number of benzene rings is 1. The predicted molar refractivity (Wildman–Crippen MR) is 51.8 cm³/mol. The van der Waals surface area contributed by atoms with E-state index in [1.807, 2.05) is 6.07 Å². The minimum Gasteiger partial charge on any atom is -0.505 e. The van der Waals surface area contributed by atoms with E-state index in [0.29, 0.717) is 5.56 Å². The van der Waals surface area contributed by atoms with Gasteiger partial charge >= 0.3 is 0 Å². The quantitative estimate of drug-likeness (QED) is 0.779. The number of phenolic OH excluding ortho intramolecular Hbond substituents is 1. The molecule has 2 nitrogen and oxygen atoms in total. The second kappa shape index (κ2) is 3.85. The Morgan fingerprint density at radius 3 is 2.71 bits per heavy atom. The summed E-state index contributed by atoms with van der Waals surface area (Å²) in [6.45, 7) is 3.18. The first kappa shape index (κ1) is 10.8. The number of halogens is 2. The van der Waals surface area contributed by atoms with E-state index in [0.717, 1.165) is 6.07 Å². The number of rotatable bonds is 1. The highest BCUT2D eigenvalue weighted by Gasteiger charge is 2.19. The Bertz CT molecular complexity index is 385. The molecule has 1 aromatic carbocycles. The minimum atomic E-state index is -0.746. The smallest absolute Gasteiger partial charge is 0.165 e. The number of hydrogen-bond donors (Lipinski definition) is 1. The van der Waals surface area contributed by atoms with E-state index in [2.05, 4.69) is 0 Å². The molecule has 0 fully saturated rings. The van der Waals surface area contributed by atoms with Crippen molar-refractivity contribution in [3.8, 4) is 11.8 Å². The molecule has 4 heteroatoms. The summed E-state index contributed by atoms with van der Waals surface area (Å²) in [5.41, 5.74) is 0.672. The van der Waals surface area contributed by atoms with E-state index in [9.17, 15) is 9.50 Å². The van der Waals surface area contributed by atoms with Crippen molar-refractivity contribution in [1.29, 1.82) is 5.26 Å². The summed E-state index contributed by atoms with van der Waals surface area (Å²) in [7, 11) is 0. The van der Waals surface area contributed by atoms with Crippen molar-refractivity contribution in [1.82, 2.24) is 0 Å². The van der Waals surface area contributed by atoms with Gasteiger partial charge in [0.05, 0.1) is 17.0 Å². The molecule has 1 N–H and O–H groups in total. The van der Waals surface area contributed by atoms with Crippen LogP contribution < -0.4 is 0 Å². The maximum atomic E-state index is 13.1. The number of nitriles is 1. The summed E-state index contributed by atoms with van der Waals surface area (Å²) in [6.07, 6.45) is 0. The lowest BCUT2D eigenvalue weighted by Gasteiger charge is -2.11. The highest BCUT2D eigenvalue weighted by atomic mass is 35.5. The normalized spacial score (nSPS) is 12.2. The molecule has 0 radical (unpaired) electrons. The predicted octanol–water partition coefficient (Wildman–Crippen LogP) is 3.12. The molecule has 0 saturated carbocycles. The van der Waals surface area contributed by atoms with Crippen LogP contribution in [-0.2, 0) is 0 Å². The van der Waals surface area contributed by atoms with Crippen molar-refractivity contribution in [2.24, 2.45) is 0 Å². The molecule has 0 spiro atoms. The summed E-state index contributed by atoms with van der Waals surface area (Å²) < 4.78 is 13.1. The van der Waals surface area contributed by atoms with Crippen LogP contribution in [0.15, 0.2) is 6.07 Å². The Balaban J connectivity index is 3.49. The van der Waals surface area contributed by atoms with Crippen LogP contribution >= 0.6 is 11.6 Å². The zero-order valence-corrected chi connectivity index (χ0v) is 8.56. The first-order valence-electron chi connectivity index (χ1n) is 4.06. The fraction of sp³-hybridized carbons (Fsp3) is 0.300. The van der Waals surface area contributed by atoms with E-state index >= 15 is 0 Å². The van der Waals surface area contributed by atoms with Gasteiger partial charge in [-0.1, -0.05) is 11.6 Å². The monoisotopic (exact) mass is 213 g/mol. The van der Waals surface area contributed by atoms with Crippen molar-refractivity contribution in [3.05, 3.63) is 28.0 Å². The van der Waals surface area contributed by atoms with E-state index < -0.39 is 17.5 Å². The van der Waals surface area contributed by atoms with E-state index in [1.165, 1.54) is 0 Å². The summed E-state index contributed by atoms with van der Waals surface area (Å²) in [6, 6.07) is 3.05. The molecule has 0 aliphatic heterocycles. The molecule has 1 aromatic rings. The second-order valence-corrected chi connectivity index (χ2v) is 3.48. The van der Waals surface area contributed by atoms with Gasteiger partial charge in [-0.15, -0.1) is 0 Å². The third kappa shape index (κ3) is 1.66. The SMILES string of the molecule is Cc1cc(F)c(O)c(C(C)C#N)c1Cl. The van der Waals surface area contributed by atoms with Crippen LogP contribution in [0.4, 0.5) is 4.39 Å². The molecule has 1 unspecified atom stereocenters. The third-order valence-corrected chi connectivity index (χ3v) is 2.54. The lowest BCUT2D eigenvalue weighted by atomic mass is 9.99. The average Bonchev–Trinajstić information content (AvgIpc) is 2.15. The van der Waals surface area contributed by atoms with Crippen molar-refractivity contribution in [2.75, 3.05) is 0 Å². The molecular weight excluding hydrogens is 205 g/mol. The average molecular weight is 214 g/mol. The van der Waals surface area contributed by atoms with Crippen LogP contribution in [-0.4, -0.2) is 5.11 Å². The summed E-state index contributed by atoms with van der Waals surface area (Å²) in [5, 5.41) is 18.3. The van der Waals surface area contributed by atoms with E-state index in [4.69, 9.17) is 16.9 Å². The Kier molecular flexibility index (Phi) is 2.97. The standard InChI is InChI=1S/C10H9ClFNO/c1-5-3-7(12)10(14)8(9(5)11)6(2)4-13/h3,6,14H,1-2H3. The van der Waals surface area contributed by atoms with Crippen LogP contribution in [0.3, 0.4) is 0 Å². The van der Waals surface area contributed by atoms with Crippen LogP contribution in [0, 0.1) is 24.1 Å². The second-order valence-electron chi connectivity index (χ2n) is 3.10. The summed E-state index contributed by atoms with van der Waals surface area (Å²) in [4.78, 5) is 0. The highest BCUT2D eigenvalue weighted by molar-refractivity contribution is 6.32. The van der Waals surface area contributed by atoms with Crippen molar-refractivity contribution in [2.45, 2.75) is 19.8 Å². The van der Waals surface area contributed by atoms with Crippen LogP contribution in [0.1, 0.15) is 24.0 Å². The Labute approximate surface area is 86.5 Å². The topological polar surface area (TPSA) is 44.0 Å². The van der Waals surface area contributed by atoms with Crippen molar-refractivity contribution >= 4 is 11.6 Å². The van der Waals surface area contributed by atoms with Crippen LogP contribution in [0.5, 0.6) is 5.75 Å². The van der Waals surface area contributed by atoms with Crippen LogP contribution in [0.2, 0.25) is 5.02 Å². The molecule has 0 saturated heterocycles. The first-order chi connectivity index (χ1) is 6.49. The number of phenols is 1. The largest absolute Gasteiger partial charge is 0.505 e. The number of hydrogen-bond acceptors (Lipinski definition) is 2. The lowest BCUT2D eigenvalue weighted by Crippen LogP contribution is -1.96. The molecule has 0 heterocycles. The first-order valence-corrected chi connectivity index (χ1v) is 4.44. The third-order valence-electron chi connectivity index (χ3n) is 2.03. The van der Waals surface area contributed by atoms with Crippen LogP contribution in [0.25, 0.3) is 0 Å². The zero-order chi connectivity index (χ0) is 10.9. The highest BCUT2D eigenvalue weighted by Crippen LogP contribution is 2.36. The number of aryl methyl sites for hydroxylation is 1. The molecule has 1 atom stereocenters. The lowest BCUT2D eigenvalue weighted by molar-refractivity contribution is 0.424. The molecule has 0 aliphatic carbocycles. The Hall–Kier alpha value is -1.27. The molecule has 0 bridgehead atoms. The molecule has 74 valence electrons. The molecule has 0 aliphatic rings. The van der Waals surface area contributed by atoms with Gasteiger partial charge in [0.25, 0.3) is 0 Å². The minimum absolute atomic E-state index is 0.159. The Morgan fingerprint density at radius 2 is 2.21 bits per heavy atom. The van der Waals surface area contributed by atoms with E-state index in [-0.39, 0.29) is 10.6 Å². The zero-order valence-electron chi connectivity index (χ0n) is 7.81. The fourth-order valence-electron chi connectivity index (χ4n) is 1.23. The number of nitrogens with zero attached hydrogens (tertiary/aromatic N) is 1. The Morgan fingerprint density at radius 1 is 1.64 bits per heavy atom. The number of aromatic hydroxyl groups is 1. The summed E-state index contributed by atoms with van der Waals surface area (Å²) in [5.74, 6) is -1.91. The summed E-state index contributed by atoms with van der Waals surface area (Å²) >= 11 is 5.87. The van der Waals surface area contributed by atoms with Gasteiger partial charge in [-0.05, 0) is 25.5 Å².